The Balaban J connectivity index is 2.25. The second-order valence-electron chi connectivity index (χ2n) is 3.94. The number of fused-ring (bicyclic) bond motifs is 1. The van der Waals surface area contributed by atoms with Crippen LogP contribution in [-0.2, 0) is 4.79 Å². The number of amides is 1. The van der Waals surface area contributed by atoms with Gasteiger partial charge in [0.25, 0.3) is 5.91 Å². The van der Waals surface area contributed by atoms with Crippen LogP contribution in [0.15, 0.2) is 36.5 Å². The number of carbonyl (C=O) groups is 2. The van der Waals surface area contributed by atoms with Crippen LogP contribution < -0.4 is 5.32 Å². The SMILES string of the molecule is C[C@@H](NC(=O)c1ccc2ncccc2c1)C(=O)O. The minimum Gasteiger partial charge on any atom is -0.480 e. The minimum absolute atomic E-state index is 0.407. The number of benzene rings is 1. The maximum Gasteiger partial charge on any atom is 0.325 e. The van der Waals surface area contributed by atoms with E-state index in [-0.39, 0.29) is 0 Å². The van der Waals surface area contributed by atoms with Gasteiger partial charge in [0.1, 0.15) is 6.04 Å². The molecule has 1 heterocycles. The van der Waals surface area contributed by atoms with Gasteiger partial charge in [-0.05, 0) is 31.2 Å². The molecule has 0 aliphatic heterocycles. The van der Waals surface area contributed by atoms with Gasteiger partial charge in [-0.25, -0.2) is 0 Å². The Hall–Kier alpha value is -2.43. The molecule has 2 rings (SSSR count). The average molecular weight is 244 g/mol. The summed E-state index contributed by atoms with van der Waals surface area (Å²) in [7, 11) is 0. The normalized spacial score (nSPS) is 12.1. The minimum atomic E-state index is -1.06. The largest absolute Gasteiger partial charge is 0.480 e. The van der Waals surface area contributed by atoms with E-state index in [0.717, 1.165) is 10.9 Å². The van der Waals surface area contributed by atoms with E-state index in [1.807, 2.05) is 6.07 Å². The van der Waals surface area contributed by atoms with Crippen LogP contribution in [0.25, 0.3) is 10.9 Å². The maximum atomic E-state index is 11.8. The Morgan fingerprint density at radius 2 is 2.11 bits per heavy atom. The fourth-order valence-electron chi connectivity index (χ4n) is 1.56. The summed E-state index contributed by atoms with van der Waals surface area (Å²) in [5.41, 5.74) is 1.21. The van der Waals surface area contributed by atoms with Crippen LogP contribution >= 0.6 is 0 Å². The number of carboxylic acids is 1. The molecule has 1 aromatic carbocycles. The number of nitrogens with one attached hydrogen (secondary N) is 1. The third-order valence-corrected chi connectivity index (χ3v) is 2.58. The molecule has 2 aromatic rings. The van der Waals surface area contributed by atoms with Gasteiger partial charge in [0, 0.05) is 17.1 Å². The molecule has 2 N–H and O–H groups in total. The quantitative estimate of drug-likeness (QED) is 0.856. The van der Waals surface area contributed by atoms with Crippen molar-refractivity contribution in [3.05, 3.63) is 42.1 Å². The van der Waals surface area contributed by atoms with Crippen molar-refractivity contribution in [3.63, 3.8) is 0 Å². The average Bonchev–Trinajstić information content (AvgIpc) is 2.37. The molecule has 0 fully saturated rings. The summed E-state index contributed by atoms with van der Waals surface area (Å²) in [6.45, 7) is 1.42. The van der Waals surface area contributed by atoms with Gasteiger partial charge in [0.2, 0.25) is 0 Å². The molecule has 5 heteroatoms. The van der Waals surface area contributed by atoms with Gasteiger partial charge in [-0.15, -0.1) is 0 Å². The van der Waals surface area contributed by atoms with Crippen molar-refractivity contribution >= 4 is 22.8 Å². The molecule has 0 bridgehead atoms. The van der Waals surface area contributed by atoms with E-state index in [4.69, 9.17) is 5.11 Å². The van der Waals surface area contributed by atoms with Crippen molar-refractivity contribution in [2.75, 3.05) is 0 Å². The van der Waals surface area contributed by atoms with Crippen molar-refractivity contribution in [3.8, 4) is 0 Å². The first-order valence-corrected chi connectivity index (χ1v) is 5.46. The molecule has 0 radical (unpaired) electrons. The highest BCUT2D eigenvalue weighted by molar-refractivity contribution is 5.99. The standard InChI is InChI=1S/C13H12N2O3/c1-8(13(17)18)15-12(16)10-4-5-11-9(7-10)3-2-6-14-11/h2-8H,1H3,(H,15,16)(H,17,18)/t8-/m1/s1. The van der Waals surface area contributed by atoms with Crippen molar-refractivity contribution in [2.45, 2.75) is 13.0 Å². The van der Waals surface area contributed by atoms with E-state index < -0.39 is 17.9 Å². The van der Waals surface area contributed by atoms with E-state index in [2.05, 4.69) is 10.3 Å². The van der Waals surface area contributed by atoms with Gasteiger partial charge in [0.15, 0.2) is 0 Å². The molecule has 1 amide bonds. The second-order valence-corrected chi connectivity index (χ2v) is 3.94. The number of hydrogen-bond donors (Lipinski definition) is 2. The zero-order valence-corrected chi connectivity index (χ0v) is 9.75. The second kappa shape index (κ2) is 4.83. The molecular formula is C13H12N2O3. The molecule has 0 aliphatic rings. The first-order valence-electron chi connectivity index (χ1n) is 5.46. The Bertz CT molecular complexity index is 610. The number of carbonyl (C=O) groups excluding carboxylic acids is 1. The predicted octanol–water partition coefficient (Wildman–Crippen LogP) is 1.44. The third kappa shape index (κ3) is 2.45. The molecule has 1 aromatic heterocycles. The maximum absolute atomic E-state index is 11.8. The third-order valence-electron chi connectivity index (χ3n) is 2.58. The molecule has 0 saturated heterocycles. The Morgan fingerprint density at radius 3 is 2.83 bits per heavy atom. The van der Waals surface area contributed by atoms with Crippen LogP contribution in [0.3, 0.4) is 0 Å². The van der Waals surface area contributed by atoms with Crippen LogP contribution in [0.4, 0.5) is 0 Å². The first kappa shape index (κ1) is 12.0. The highest BCUT2D eigenvalue weighted by Gasteiger charge is 2.15. The number of carboxylic acid groups (broad SMARTS) is 1. The van der Waals surface area contributed by atoms with Gasteiger partial charge in [-0.3, -0.25) is 14.6 Å². The number of hydrogen-bond acceptors (Lipinski definition) is 3. The smallest absolute Gasteiger partial charge is 0.325 e. The summed E-state index contributed by atoms with van der Waals surface area (Å²) in [5.74, 6) is -1.47. The number of pyridine rings is 1. The van der Waals surface area contributed by atoms with Crippen LogP contribution in [0.2, 0.25) is 0 Å². The molecule has 1 atom stereocenters. The van der Waals surface area contributed by atoms with Crippen molar-refractivity contribution < 1.29 is 14.7 Å². The van der Waals surface area contributed by atoms with Crippen molar-refractivity contribution in [2.24, 2.45) is 0 Å². The van der Waals surface area contributed by atoms with Gasteiger partial charge in [-0.1, -0.05) is 6.07 Å². The fourth-order valence-corrected chi connectivity index (χ4v) is 1.56. The summed E-state index contributed by atoms with van der Waals surface area (Å²) in [4.78, 5) is 26.6. The topological polar surface area (TPSA) is 79.3 Å². The van der Waals surface area contributed by atoms with Gasteiger partial charge in [-0.2, -0.15) is 0 Å². The molecular weight excluding hydrogens is 232 g/mol. The lowest BCUT2D eigenvalue weighted by Gasteiger charge is -2.09. The molecule has 0 unspecified atom stereocenters. The molecule has 5 nitrogen and oxygen atoms in total. The van der Waals surface area contributed by atoms with E-state index in [0.29, 0.717) is 5.56 Å². The molecule has 0 saturated carbocycles. The van der Waals surface area contributed by atoms with Gasteiger partial charge in [0.05, 0.1) is 5.52 Å². The van der Waals surface area contributed by atoms with Crippen LogP contribution in [0, 0.1) is 0 Å². The highest BCUT2D eigenvalue weighted by Crippen LogP contribution is 2.13. The number of rotatable bonds is 3. The summed E-state index contributed by atoms with van der Waals surface area (Å²) in [5, 5.41) is 12.0. The van der Waals surface area contributed by atoms with Crippen molar-refractivity contribution in [1.82, 2.24) is 10.3 Å². The summed E-state index contributed by atoms with van der Waals surface area (Å²) in [6.07, 6.45) is 1.68. The number of nitrogens with zero attached hydrogens (tertiary/aromatic N) is 1. The number of aliphatic carboxylic acids is 1. The number of aromatic nitrogens is 1. The zero-order valence-electron chi connectivity index (χ0n) is 9.75. The fraction of sp³-hybridized carbons (Fsp3) is 0.154. The molecule has 92 valence electrons. The molecule has 0 spiro atoms. The highest BCUT2D eigenvalue weighted by atomic mass is 16.4. The molecule has 18 heavy (non-hydrogen) atoms. The lowest BCUT2D eigenvalue weighted by Crippen LogP contribution is -2.38. The van der Waals surface area contributed by atoms with E-state index >= 15 is 0 Å². The van der Waals surface area contributed by atoms with E-state index in [1.54, 1.807) is 30.5 Å². The lowest BCUT2D eigenvalue weighted by atomic mass is 10.1. The lowest BCUT2D eigenvalue weighted by molar-refractivity contribution is -0.138. The summed E-state index contributed by atoms with van der Waals surface area (Å²) >= 11 is 0. The van der Waals surface area contributed by atoms with E-state index in [9.17, 15) is 9.59 Å². The first-order chi connectivity index (χ1) is 8.58. The van der Waals surface area contributed by atoms with Crippen molar-refractivity contribution in [1.29, 1.82) is 0 Å². The Morgan fingerprint density at radius 1 is 1.33 bits per heavy atom. The van der Waals surface area contributed by atoms with Crippen LogP contribution in [-0.4, -0.2) is 28.0 Å². The summed E-state index contributed by atoms with van der Waals surface area (Å²) in [6, 6.07) is 7.76. The van der Waals surface area contributed by atoms with Gasteiger partial charge < -0.3 is 10.4 Å². The zero-order chi connectivity index (χ0) is 13.1. The van der Waals surface area contributed by atoms with Crippen LogP contribution in [0.1, 0.15) is 17.3 Å². The van der Waals surface area contributed by atoms with Gasteiger partial charge >= 0.3 is 5.97 Å². The Labute approximate surface area is 103 Å². The van der Waals surface area contributed by atoms with E-state index in [1.165, 1.54) is 6.92 Å². The monoisotopic (exact) mass is 244 g/mol. The summed E-state index contributed by atoms with van der Waals surface area (Å²) < 4.78 is 0. The molecule has 0 aliphatic carbocycles. The predicted molar refractivity (Wildman–Crippen MR) is 66.3 cm³/mol. The van der Waals surface area contributed by atoms with Crippen LogP contribution in [0.5, 0.6) is 0 Å². The Kier molecular flexibility index (Phi) is 3.23.